The zero-order chi connectivity index (χ0) is 58.1. The summed E-state index contributed by atoms with van der Waals surface area (Å²) in [5.74, 6) is -1.18. The molecule has 3 aliphatic heterocycles. The second-order valence-electron chi connectivity index (χ2n) is 22.8. The standard InChI is InChI=1S/C65H88N8O9/c1-44(66-3)60(74)68-58(50-20-14-9-15-21-50)64(78)72-38-32-56(80-5)54(72)42-70(36-30-46-16-10-7-11-17-46)62(76)52-26-22-48(23-27-52)49-24-28-53(29-25-49)63(77)71(37-31-47-18-12-8-13-19-47)43-55-57(81-6)33-39-73(55)65(79)59(51-34-40-82-41-35-51)69-61(75)45(2)67-4/h7-8,10-13,16-19,22-29,44-45,50-51,54-59,66-67H,9,14-15,20-21,30-43H2,1-6H3,(H,68,74)(H,69,75)/t44-,45-,54+,55+,56-,57-,58-,59-/m0/s1. The molecule has 4 fully saturated rings. The molecule has 1 aliphatic carbocycles. The minimum Gasteiger partial charge on any atom is -0.381 e. The Bertz CT molecular complexity index is 2520. The van der Waals surface area contributed by atoms with E-state index in [4.69, 9.17) is 14.2 Å². The van der Waals surface area contributed by atoms with Gasteiger partial charge in [-0.2, -0.15) is 0 Å². The number of carbonyl (C=O) groups is 6. The van der Waals surface area contributed by atoms with Gasteiger partial charge in [0.05, 0.1) is 36.4 Å². The van der Waals surface area contributed by atoms with Crippen molar-refractivity contribution in [2.75, 3.05) is 80.8 Å². The summed E-state index contributed by atoms with van der Waals surface area (Å²) in [7, 11) is 6.75. The Kier molecular flexibility index (Phi) is 22.7. The van der Waals surface area contributed by atoms with E-state index >= 15 is 0 Å². The highest BCUT2D eigenvalue weighted by Crippen LogP contribution is 2.32. The van der Waals surface area contributed by atoms with Crippen molar-refractivity contribution in [3.63, 3.8) is 0 Å². The average molecular weight is 1130 g/mol. The molecule has 3 saturated heterocycles. The number of likely N-dealkylation sites (N-methyl/N-ethyl adjacent to an activating group) is 2. The Labute approximate surface area is 485 Å². The van der Waals surface area contributed by atoms with Crippen LogP contribution in [0.3, 0.4) is 0 Å². The summed E-state index contributed by atoms with van der Waals surface area (Å²) in [5.41, 5.74) is 4.88. The first kappa shape index (κ1) is 61.6. The van der Waals surface area contributed by atoms with Gasteiger partial charge in [0.25, 0.3) is 11.8 Å². The van der Waals surface area contributed by atoms with Crippen molar-refractivity contribution in [2.24, 2.45) is 11.8 Å². The van der Waals surface area contributed by atoms with Gasteiger partial charge in [0.1, 0.15) is 12.1 Å². The van der Waals surface area contributed by atoms with Gasteiger partial charge in [-0.15, -0.1) is 0 Å². The van der Waals surface area contributed by atoms with Crippen molar-refractivity contribution in [1.29, 1.82) is 0 Å². The van der Waals surface area contributed by atoms with E-state index < -0.39 is 36.3 Å². The molecule has 4 aliphatic rings. The third-order valence-electron chi connectivity index (χ3n) is 17.8. The van der Waals surface area contributed by atoms with Gasteiger partial charge in [-0.25, -0.2) is 0 Å². The summed E-state index contributed by atoms with van der Waals surface area (Å²) in [6.07, 6.45) is 7.93. The Morgan fingerprint density at radius 2 is 0.927 bits per heavy atom. The quantitative estimate of drug-likeness (QED) is 0.0596. The van der Waals surface area contributed by atoms with Crippen LogP contribution in [0.5, 0.6) is 0 Å². The number of methoxy groups -OCH3 is 2. The normalized spacial score (nSPS) is 21.0. The van der Waals surface area contributed by atoms with Gasteiger partial charge in [-0.1, -0.05) is 104 Å². The minimum atomic E-state index is -0.750. The van der Waals surface area contributed by atoms with Gasteiger partial charge in [-0.3, -0.25) is 28.8 Å². The number of likely N-dealkylation sites (tertiary alicyclic amines) is 2. The number of hydrogen-bond acceptors (Lipinski definition) is 11. The molecule has 6 amide bonds. The number of carbonyl (C=O) groups excluding carboxylic acids is 6. The average Bonchev–Trinajstić information content (AvgIpc) is 4.28. The van der Waals surface area contributed by atoms with Crippen LogP contribution in [0.15, 0.2) is 109 Å². The predicted octanol–water partition coefficient (Wildman–Crippen LogP) is 6.15. The summed E-state index contributed by atoms with van der Waals surface area (Å²) in [6, 6.07) is 31.8. The first-order chi connectivity index (χ1) is 39.8. The molecule has 0 radical (unpaired) electrons. The molecule has 17 heteroatoms. The number of rotatable bonds is 25. The maximum absolute atomic E-state index is 14.9. The Morgan fingerprint density at radius 3 is 1.30 bits per heavy atom. The third-order valence-corrected chi connectivity index (χ3v) is 17.8. The van der Waals surface area contributed by atoms with E-state index in [2.05, 4.69) is 33.4 Å². The fraction of sp³-hybridized carbons (Fsp3) is 0.538. The molecule has 17 nitrogen and oxygen atoms in total. The maximum atomic E-state index is 14.9. The van der Waals surface area contributed by atoms with E-state index in [1.807, 2.05) is 117 Å². The van der Waals surface area contributed by atoms with E-state index in [-0.39, 0.29) is 72.6 Å². The lowest BCUT2D eigenvalue weighted by atomic mass is 9.83. The zero-order valence-corrected chi connectivity index (χ0v) is 49.1. The van der Waals surface area contributed by atoms with Crippen LogP contribution in [-0.4, -0.2) is 184 Å². The van der Waals surface area contributed by atoms with Crippen molar-refractivity contribution in [1.82, 2.24) is 40.9 Å². The Hall–Kier alpha value is -6.50. The molecule has 1 saturated carbocycles. The smallest absolute Gasteiger partial charge is 0.253 e. The third kappa shape index (κ3) is 15.6. The van der Waals surface area contributed by atoms with Crippen molar-refractivity contribution < 1.29 is 43.0 Å². The number of nitrogens with one attached hydrogen (secondary N) is 4. The van der Waals surface area contributed by atoms with Gasteiger partial charge >= 0.3 is 0 Å². The topological polar surface area (TPSA) is 191 Å². The van der Waals surface area contributed by atoms with Gasteiger partial charge in [0, 0.05) is 77.8 Å². The molecular formula is C65H88N8O9. The number of nitrogens with zero attached hydrogens (tertiary/aromatic N) is 4. The highest BCUT2D eigenvalue weighted by molar-refractivity contribution is 5.96. The maximum Gasteiger partial charge on any atom is 0.253 e. The van der Waals surface area contributed by atoms with Crippen molar-refractivity contribution in [3.05, 3.63) is 131 Å². The lowest BCUT2D eigenvalue weighted by Gasteiger charge is -2.38. The lowest BCUT2D eigenvalue weighted by molar-refractivity contribution is -0.141. The predicted molar refractivity (Wildman–Crippen MR) is 317 cm³/mol. The summed E-state index contributed by atoms with van der Waals surface area (Å²) < 4.78 is 17.8. The van der Waals surface area contributed by atoms with Crippen molar-refractivity contribution in [3.8, 4) is 11.1 Å². The highest BCUT2D eigenvalue weighted by atomic mass is 16.5. The highest BCUT2D eigenvalue weighted by Gasteiger charge is 2.46. The second-order valence-corrected chi connectivity index (χ2v) is 22.8. The Balaban J connectivity index is 1.01. The molecule has 442 valence electrons. The molecule has 8 atom stereocenters. The first-order valence-electron chi connectivity index (χ1n) is 29.9. The van der Waals surface area contributed by atoms with Crippen LogP contribution in [0.1, 0.15) is 103 Å². The van der Waals surface area contributed by atoms with E-state index in [0.29, 0.717) is 89.0 Å². The molecule has 0 bridgehead atoms. The number of amides is 6. The van der Waals surface area contributed by atoms with Crippen LogP contribution >= 0.6 is 0 Å². The number of hydrogen-bond donors (Lipinski definition) is 4. The number of ether oxygens (including phenoxy) is 3. The molecule has 0 spiro atoms. The number of benzene rings is 4. The summed E-state index contributed by atoms with van der Waals surface area (Å²) in [5, 5.41) is 12.2. The van der Waals surface area contributed by atoms with Crippen molar-refractivity contribution in [2.45, 2.75) is 133 Å². The summed E-state index contributed by atoms with van der Waals surface area (Å²) in [4.78, 5) is 93.4. The summed E-state index contributed by atoms with van der Waals surface area (Å²) >= 11 is 0. The van der Waals surface area contributed by atoms with E-state index in [0.717, 1.165) is 54.4 Å². The van der Waals surface area contributed by atoms with Gasteiger partial charge in [-0.05, 0) is 138 Å². The molecular weight excluding hydrogens is 1040 g/mol. The molecule has 4 aromatic carbocycles. The molecule has 4 aromatic rings. The van der Waals surface area contributed by atoms with Crippen LogP contribution in [0.25, 0.3) is 11.1 Å². The largest absolute Gasteiger partial charge is 0.381 e. The van der Waals surface area contributed by atoms with Crippen LogP contribution in [0, 0.1) is 11.8 Å². The molecule has 4 N–H and O–H groups in total. The van der Waals surface area contributed by atoms with Gasteiger partial charge < -0.3 is 55.1 Å². The van der Waals surface area contributed by atoms with Gasteiger partial charge in [0.2, 0.25) is 23.6 Å². The molecule has 82 heavy (non-hydrogen) atoms. The molecule has 3 heterocycles. The fourth-order valence-corrected chi connectivity index (χ4v) is 12.4. The van der Waals surface area contributed by atoms with E-state index in [9.17, 15) is 28.8 Å². The summed E-state index contributed by atoms with van der Waals surface area (Å²) in [6.45, 7) is 6.76. The molecule has 0 aromatic heterocycles. The van der Waals surface area contributed by atoms with Gasteiger partial charge in [0.15, 0.2) is 0 Å². The monoisotopic (exact) mass is 1120 g/mol. The van der Waals surface area contributed by atoms with E-state index in [1.54, 1.807) is 42.2 Å². The molecule has 8 rings (SSSR count). The zero-order valence-electron chi connectivity index (χ0n) is 49.1. The van der Waals surface area contributed by atoms with Crippen LogP contribution in [0.2, 0.25) is 0 Å². The fourth-order valence-electron chi connectivity index (χ4n) is 12.4. The van der Waals surface area contributed by atoms with Crippen LogP contribution in [-0.2, 0) is 46.2 Å². The van der Waals surface area contributed by atoms with E-state index in [1.165, 1.54) is 0 Å². The first-order valence-corrected chi connectivity index (χ1v) is 29.9. The van der Waals surface area contributed by atoms with Crippen LogP contribution in [0.4, 0.5) is 0 Å². The van der Waals surface area contributed by atoms with Crippen molar-refractivity contribution >= 4 is 35.4 Å². The lowest BCUT2D eigenvalue weighted by Crippen LogP contribution is -2.59. The second kappa shape index (κ2) is 30.2. The molecule has 0 unspecified atom stereocenters. The Morgan fingerprint density at radius 1 is 0.537 bits per heavy atom. The minimum absolute atomic E-state index is 0.0228. The van der Waals surface area contributed by atoms with Crippen LogP contribution < -0.4 is 21.3 Å². The SMILES string of the molecule is CN[C@@H](C)C(=O)N[C@H](C(=O)N1CC[C@H](OC)[C@H]1CN(CCc1ccccc1)C(=O)c1ccc(-c2ccc(C(=O)N(CCc3ccccc3)C[C@@H]3[C@@H](OC)CCN3C(=O)[C@@H](NC(=O)[C@H](C)NC)C3CCOCC3)cc2)cc1)C1CCCCC1.